The zero-order chi connectivity index (χ0) is 50.1. The van der Waals surface area contributed by atoms with E-state index in [4.69, 9.17) is 0 Å². The molecule has 75 heavy (non-hydrogen) atoms. The Hall–Kier alpha value is -5.72. The molecule has 2 atom stereocenters. The summed E-state index contributed by atoms with van der Waals surface area (Å²) in [7, 11) is 0. The molecule has 0 heterocycles. The maximum Gasteiger partial charge on any atom is 0.0184 e. The first kappa shape index (κ1) is 44.4. The molecule has 8 saturated carbocycles. The maximum absolute atomic E-state index is 2.65. The maximum atomic E-state index is 2.65. The molecule has 0 radical (unpaired) electrons. The van der Waals surface area contributed by atoms with Gasteiger partial charge in [0.25, 0.3) is 0 Å². The fourth-order valence-corrected chi connectivity index (χ4v) is 20.6. The summed E-state index contributed by atoms with van der Waals surface area (Å²) in [6, 6.07) is 55.4. The Balaban J connectivity index is 0.731. The Kier molecular flexibility index (Phi) is 8.79. The fourth-order valence-electron chi connectivity index (χ4n) is 20.6. The fraction of sp³-hybridized carbons (Fsp3) is 0.413. The number of hydrogen-bond acceptors (Lipinski definition) is 0. The second-order valence-corrected chi connectivity index (χ2v) is 28.3. The smallest absolute Gasteiger partial charge is 0.0184 e. The van der Waals surface area contributed by atoms with Crippen molar-refractivity contribution in [1.82, 2.24) is 0 Å². The van der Waals surface area contributed by atoms with Crippen molar-refractivity contribution in [2.24, 2.45) is 35.5 Å². The predicted octanol–water partition coefficient (Wildman–Crippen LogP) is 20.2. The molecule has 0 nitrogen and oxygen atoms in total. The van der Waals surface area contributed by atoms with Gasteiger partial charge in [-0.05, 0) is 256 Å². The highest BCUT2D eigenvalue weighted by atomic mass is 14.6. The van der Waals surface area contributed by atoms with Crippen LogP contribution in [0.1, 0.15) is 176 Å². The van der Waals surface area contributed by atoms with Crippen molar-refractivity contribution in [3.63, 3.8) is 0 Å². The Morgan fingerprint density at radius 1 is 0.400 bits per heavy atom. The van der Waals surface area contributed by atoms with E-state index in [1.165, 1.54) is 186 Å². The summed E-state index contributed by atoms with van der Waals surface area (Å²) in [5.74, 6) is 5.70. The number of rotatable bonds is 8. The van der Waals surface area contributed by atoms with Gasteiger partial charge in [0.15, 0.2) is 0 Å². The monoisotopic (exact) mass is 975 g/mol. The number of benzene rings is 10. The molecule has 10 aromatic rings. The first-order chi connectivity index (χ1) is 36.3. The van der Waals surface area contributed by atoms with Gasteiger partial charge in [-0.1, -0.05) is 175 Å². The van der Waals surface area contributed by atoms with Crippen LogP contribution in [0.2, 0.25) is 0 Å². The molecule has 0 aliphatic heterocycles. The molecule has 9 aliphatic rings. The zero-order valence-electron chi connectivity index (χ0n) is 45.6. The van der Waals surface area contributed by atoms with Gasteiger partial charge in [0.05, 0.1) is 0 Å². The van der Waals surface area contributed by atoms with Crippen LogP contribution in [0.5, 0.6) is 0 Å². The average molecular weight is 975 g/mol. The summed E-state index contributed by atoms with van der Waals surface area (Å²) in [6.45, 7) is 14.9. The van der Waals surface area contributed by atoms with Gasteiger partial charge >= 0.3 is 0 Å². The van der Waals surface area contributed by atoms with E-state index < -0.39 is 0 Å². The van der Waals surface area contributed by atoms with Crippen LogP contribution >= 0.6 is 0 Å². The van der Waals surface area contributed by atoms with Crippen LogP contribution in [-0.4, -0.2) is 0 Å². The van der Waals surface area contributed by atoms with E-state index in [1.807, 2.05) is 0 Å². The van der Waals surface area contributed by atoms with Crippen LogP contribution in [0.3, 0.4) is 0 Å². The summed E-state index contributed by atoms with van der Waals surface area (Å²) in [5.41, 5.74) is 15.2. The molecule has 374 valence electrons. The summed E-state index contributed by atoms with van der Waals surface area (Å²) in [4.78, 5) is 0. The van der Waals surface area contributed by atoms with E-state index in [0.717, 1.165) is 48.3 Å². The third-order valence-corrected chi connectivity index (χ3v) is 24.1. The van der Waals surface area contributed by atoms with Crippen LogP contribution in [0.25, 0.3) is 75.8 Å². The van der Waals surface area contributed by atoms with Gasteiger partial charge in [-0.3, -0.25) is 0 Å². The standard InChI is InChI=1S/C75H74/c1-7-72(5,64-24-16-50-10-12-52-32-58(34-54-14-20-62(64)70(50)68(52)54)75-40-46-28-47(41-75)30-48(29-46)42-75)56-18-22-60-59-21-17-55(35-65(59)73(6,8-2)66(60)36-56)71(3,4)63-23-15-49-9-11-51-31-57(33-53-13-19-61(63)69(49)67(51)53)74-37-43-25-44(38-74)27-45(26-43)39-74/h9-24,31-36,43-48H,7-8,25-30,37-42H2,1-6H3. The van der Waals surface area contributed by atoms with Crippen LogP contribution in [0.15, 0.2) is 133 Å². The lowest BCUT2D eigenvalue weighted by atomic mass is 9.48. The molecule has 0 aromatic heterocycles. The van der Waals surface area contributed by atoms with E-state index in [2.05, 4.69) is 175 Å². The van der Waals surface area contributed by atoms with E-state index >= 15 is 0 Å². The lowest BCUT2D eigenvalue weighted by Crippen LogP contribution is -2.48. The lowest BCUT2D eigenvalue weighted by molar-refractivity contribution is -0.00520. The van der Waals surface area contributed by atoms with Crippen LogP contribution in [-0.2, 0) is 27.1 Å². The molecule has 2 unspecified atom stereocenters. The largest absolute Gasteiger partial charge is 0.0642 e. The Morgan fingerprint density at radius 3 is 1.21 bits per heavy atom. The molecular weight excluding hydrogens is 901 g/mol. The molecule has 10 aromatic carbocycles. The van der Waals surface area contributed by atoms with Gasteiger partial charge in [0, 0.05) is 16.2 Å². The third kappa shape index (κ3) is 5.86. The highest BCUT2D eigenvalue weighted by molar-refractivity contribution is 6.25. The molecule has 8 fully saturated rings. The molecule has 0 heteroatoms. The first-order valence-corrected chi connectivity index (χ1v) is 30.1. The molecule has 19 rings (SSSR count). The third-order valence-electron chi connectivity index (χ3n) is 24.1. The molecule has 0 N–H and O–H groups in total. The van der Waals surface area contributed by atoms with Gasteiger partial charge in [-0.2, -0.15) is 0 Å². The normalized spacial score (nSPS) is 30.3. The van der Waals surface area contributed by atoms with Gasteiger partial charge in [0.2, 0.25) is 0 Å². The molecule has 9 aliphatic carbocycles. The van der Waals surface area contributed by atoms with Crippen molar-refractivity contribution in [3.8, 4) is 11.1 Å². The van der Waals surface area contributed by atoms with Crippen molar-refractivity contribution in [2.75, 3.05) is 0 Å². The minimum absolute atomic E-state index is 0.102. The number of hydrogen-bond donors (Lipinski definition) is 0. The van der Waals surface area contributed by atoms with Crippen molar-refractivity contribution < 1.29 is 0 Å². The summed E-state index contributed by atoms with van der Waals surface area (Å²) < 4.78 is 0. The highest BCUT2D eigenvalue weighted by Crippen LogP contribution is 2.63. The van der Waals surface area contributed by atoms with E-state index in [0.29, 0.717) is 10.8 Å². The minimum Gasteiger partial charge on any atom is -0.0642 e. The summed E-state index contributed by atoms with van der Waals surface area (Å²) in [5, 5.41) is 17.2. The van der Waals surface area contributed by atoms with Crippen LogP contribution < -0.4 is 0 Å². The quantitative estimate of drug-likeness (QED) is 0.133. The van der Waals surface area contributed by atoms with Crippen molar-refractivity contribution in [2.45, 2.75) is 159 Å². The molecule has 0 amide bonds. The Labute approximate surface area is 445 Å². The van der Waals surface area contributed by atoms with Crippen molar-refractivity contribution in [1.29, 1.82) is 0 Å². The van der Waals surface area contributed by atoms with Crippen LogP contribution in [0.4, 0.5) is 0 Å². The van der Waals surface area contributed by atoms with Gasteiger partial charge < -0.3 is 0 Å². The lowest BCUT2D eigenvalue weighted by Gasteiger charge is -2.57. The highest BCUT2D eigenvalue weighted by Gasteiger charge is 2.53. The SMILES string of the molecule is CCC1(C)c2cc(C(C)(C)c3ccc4ccc5cc(C67CC8CC(CC(C8)C6)C7)cc6ccc3c4c56)ccc2-c2ccc(C(C)(CC)c3ccc4ccc5cc(C67CC8CC(CC(C8)C6)C7)cc6ccc3c4c56)cc21. The van der Waals surface area contributed by atoms with Gasteiger partial charge in [0.1, 0.15) is 0 Å². The van der Waals surface area contributed by atoms with Crippen molar-refractivity contribution >= 4 is 64.6 Å². The second kappa shape index (κ2) is 14.8. The van der Waals surface area contributed by atoms with E-state index in [-0.39, 0.29) is 16.2 Å². The second-order valence-electron chi connectivity index (χ2n) is 28.3. The minimum atomic E-state index is -0.206. The average Bonchev–Trinajstić information content (AvgIpc) is 3.67. The van der Waals surface area contributed by atoms with Crippen molar-refractivity contribution in [3.05, 3.63) is 178 Å². The molecule has 0 spiro atoms. The molecular formula is C75H74. The first-order valence-electron chi connectivity index (χ1n) is 30.1. The van der Waals surface area contributed by atoms with Crippen LogP contribution in [0, 0.1) is 35.5 Å². The molecule has 0 saturated heterocycles. The topological polar surface area (TPSA) is 0 Å². The van der Waals surface area contributed by atoms with E-state index in [9.17, 15) is 0 Å². The van der Waals surface area contributed by atoms with Gasteiger partial charge in [-0.25, -0.2) is 0 Å². The number of fused-ring (bicyclic) bond motifs is 3. The van der Waals surface area contributed by atoms with E-state index in [1.54, 1.807) is 11.1 Å². The summed E-state index contributed by atoms with van der Waals surface area (Å²) in [6.07, 6.45) is 19.5. The Morgan fingerprint density at radius 2 is 0.773 bits per heavy atom. The zero-order valence-corrected chi connectivity index (χ0v) is 45.6. The Bertz CT molecular complexity index is 3950. The van der Waals surface area contributed by atoms with Gasteiger partial charge in [-0.15, -0.1) is 0 Å². The summed E-state index contributed by atoms with van der Waals surface area (Å²) >= 11 is 0. The molecule has 8 bridgehead atoms. The predicted molar refractivity (Wildman–Crippen MR) is 317 cm³/mol.